The molecule has 1 atom stereocenters. The zero-order valence-electron chi connectivity index (χ0n) is 13.2. The van der Waals surface area contributed by atoms with Gasteiger partial charge in [-0.05, 0) is 49.3 Å². The fourth-order valence-electron chi connectivity index (χ4n) is 3.15. The van der Waals surface area contributed by atoms with Crippen LogP contribution < -0.4 is 5.32 Å². The number of benzene rings is 1. The van der Waals surface area contributed by atoms with Crippen LogP contribution in [0.2, 0.25) is 0 Å². The van der Waals surface area contributed by atoms with Gasteiger partial charge in [0.2, 0.25) is 0 Å². The summed E-state index contributed by atoms with van der Waals surface area (Å²) in [4.78, 5) is 7.71. The predicted molar refractivity (Wildman–Crippen MR) is 84.3 cm³/mol. The number of aromatic nitrogens is 2. The van der Waals surface area contributed by atoms with Crippen LogP contribution in [-0.4, -0.2) is 9.97 Å². The molecular weight excluding hydrogens is 315 g/mol. The van der Waals surface area contributed by atoms with E-state index in [1.807, 2.05) is 6.20 Å². The molecule has 0 saturated heterocycles. The molecule has 2 aliphatic rings. The van der Waals surface area contributed by atoms with Crippen LogP contribution in [-0.2, 0) is 12.7 Å². The van der Waals surface area contributed by atoms with Gasteiger partial charge in [0.05, 0.1) is 5.56 Å². The second kappa shape index (κ2) is 5.92. The summed E-state index contributed by atoms with van der Waals surface area (Å²) in [6.07, 6.45) is 2.03. The Labute approximate surface area is 138 Å². The highest BCUT2D eigenvalue weighted by atomic mass is 19.4. The summed E-state index contributed by atoms with van der Waals surface area (Å²) in [7, 11) is 0. The van der Waals surface area contributed by atoms with Crippen molar-refractivity contribution in [2.75, 3.05) is 0 Å². The number of hydrogen-bond acceptors (Lipinski definition) is 2. The van der Waals surface area contributed by atoms with E-state index in [1.54, 1.807) is 6.07 Å². The Morgan fingerprint density at radius 2 is 2.00 bits per heavy atom. The fraction of sp³-hybridized carbons (Fsp3) is 0.500. The van der Waals surface area contributed by atoms with Crippen LogP contribution in [0.5, 0.6) is 0 Å². The second-order valence-electron chi connectivity index (χ2n) is 6.89. The third kappa shape index (κ3) is 3.48. The van der Waals surface area contributed by atoms with Gasteiger partial charge in [0.1, 0.15) is 5.82 Å². The van der Waals surface area contributed by atoms with Gasteiger partial charge in [-0.25, -0.2) is 4.98 Å². The molecule has 4 rings (SSSR count). The number of H-pyrrole nitrogens is 1. The second-order valence-corrected chi connectivity index (χ2v) is 6.89. The van der Waals surface area contributed by atoms with E-state index >= 15 is 0 Å². The monoisotopic (exact) mass is 335 g/mol. The van der Waals surface area contributed by atoms with Crippen molar-refractivity contribution < 1.29 is 13.2 Å². The van der Waals surface area contributed by atoms with Crippen molar-refractivity contribution >= 4 is 0 Å². The average molecular weight is 335 g/mol. The van der Waals surface area contributed by atoms with Crippen molar-refractivity contribution in [2.24, 2.45) is 5.92 Å². The molecular formula is C18H20F3N3. The molecule has 24 heavy (non-hydrogen) atoms. The van der Waals surface area contributed by atoms with Gasteiger partial charge < -0.3 is 10.3 Å². The van der Waals surface area contributed by atoms with E-state index in [0.717, 1.165) is 30.4 Å². The van der Waals surface area contributed by atoms with Gasteiger partial charge in [-0.1, -0.05) is 12.1 Å². The molecule has 3 nitrogen and oxygen atoms in total. The van der Waals surface area contributed by atoms with Gasteiger partial charge in [-0.15, -0.1) is 0 Å². The summed E-state index contributed by atoms with van der Waals surface area (Å²) in [5, 5.41) is 3.43. The Morgan fingerprint density at radius 1 is 1.21 bits per heavy atom. The largest absolute Gasteiger partial charge is 0.416 e. The van der Waals surface area contributed by atoms with Crippen molar-refractivity contribution in [2.45, 2.75) is 50.4 Å². The molecule has 0 amide bonds. The molecule has 2 aromatic rings. The number of aromatic amines is 1. The Hall–Kier alpha value is -1.82. The molecule has 128 valence electrons. The lowest BCUT2D eigenvalue weighted by atomic mass is 10.00. The van der Waals surface area contributed by atoms with Crippen molar-refractivity contribution in [3.63, 3.8) is 0 Å². The zero-order chi connectivity index (χ0) is 16.7. The van der Waals surface area contributed by atoms with Crippen molar-refractivity contribution in [1.29, 1.82) is 0 Å². The molecule has 2 saturated carbocycles. The number of nitrogens with one attached hydrogen (secondary N) is 2. The van der Waals surface area contributed by atoms with E-state index in [4.69, 9.17) is 0 Å². The molecule has 2 fully saturated rings. The summed E-state index contributed by atoms with van der Waals surface area (Å²) in [6.45, 7) is 0.594. The van der Waals surface area contributed by atoms with E-state index < -0.39 is 11.7 Å². The van der Waals surface area contributed by atoms with Crippen LogP contribution in [0.1, 0.15) is 60.3 Å². The maximum atomic E-state index is 12.9. The molecule has 1 aromatic heterocycles. The molecule has 0 bridgehead atoms. The van der Waals surface area contributed by atoms with Crippen molar-refractivity contribution in [3.8, 4) is 0 Å². The van der Waals surface area contributed by atoms with Gasteiger partial charge in [0.25, 0.3) is 0 Å². The minimum absolute atomic E-state index is 0.0417. The Balaban J connectivity index is 1.47. The maximum absolute atomic E-state index is 12.9. The minimum atomic E-state index is -4.30. The van der Waals surface area contributed by atoms with E-state index in [1.165, 1.54) is 25.0 Å². The van der Waals surface area contributed by atoms with Gasteiger partial charge in [0.15, 0.2) is 0 Å². The molecule has 0 spiro atoms. The van der Waals surface area contributed by atoms with Gasteiger partial charge in [0, 0.05) is 30.4 Å². The quantitative estimate of drug-likeness (QED) is 0.813. The number of rotatable bonds is 6. The predicted octanol–water partition coefficient (Wildman–Crippen LogP) is 4.55. The first kappa shape index (κ1) is 15.7. The Bertz CT molecular complexity index is 714. The smallest absolute Gasteiger partial charge is 0.345 e. The molecule has 1 aromatic carbocycles. The van der Waals surface area contributed by atoms with Crippen LogP contribution in [0.15, 0.2) is 30.5 Å². The van der Waals surface area contributed by atoms with Crippen LogP contribution >= 0.6 is 0 Å². The summed E-state index contributed by atoms with van der Waals surface area (Å²) >= 11 is 0. The summed E-state index contributed by atoms with van der Waals surface area (Å²) < 4.78 is 38.8. The lowest BCUT2D eigenvalue weighted by Crippen LogP contribution is -2.23. The molecule has 2 aliphatic carbocycles. The molecule has 2 N–H and O–H groups in total. The fourth-order valence-corrected chi connectivity index (χ4v) is 3.15. The van der Waals surface area contributed by atoms with Crippen molar-refractivity contribution in [1.82, 2.24) is 15.3 Å². The highest BCUT2D eigenvalue weighted by Crippen LogP contribution is 2.42. The normalized spacial score (nSPS) is 19.5. The van der Waals surface area contributed by atoms with E-state index in [9.17, 15) is 13.2 Å². The minimum Gasteiger partial charge on any atom is -0.345 e. The molecule has 0 radical (unpaired) electrons. The Kier molecular flexibility index (Phi) is 3.87. The van der Waals surface area contributed by atoms with Crippen LogP contribution in [0, 0.1) is 5.92 Å². The van der Waals surface area contributed by atoms with E-state index in [-0.39, 0.29) is 6.04 Å². The van der Waals surface area contributed by atoms with Crippen LogP contribution in [0.4, 0.5) is 13.2 Å². The average Bonchev–Trinajstić information content (AvgIpc) is 3.47. The first-order chi connectivity index (χ1) is 11.5. The van der Waals surface area contributed by atoms with Gasteiger partial charge >= 0.3 is 6.18 Å². The summed E-state index contributed by atoms with van der Waals surface area (Å²) in [5.74, 6) is 2.02. The van der Waals surface area contributed by atoms with Crippen molar-refractivity contribution in [3.05, 3.63) is 53.1 Å². The van der Waals surface area contributed by atoms with Gasteiger partial charge in [-0.3, -0.25) is 0 Å². The number of halogens is 3. The molecule has 6 heteroatoms. The highest BCUT2D eigenvalue weighted by Gasteiger charge is 2.35. The lowest BCUT2D eigenvalue weighted by molar-refractivity contribution is -0.137. The molecule has 1 heterocycles. The molecule has 0 aliphatic heterocycles. The summed E-state index contributed by atoms with van der Waals surface area (Å²) in [6, 6.07) is 5.65. The maximum Gasteiger partial charge on any atom is 0.416 e. The first-order valence-electron chi connectivity index (χ1n) is 8.45. The molecule has 1 unspecified atom stereocenters. The van der Waals surface area contributed by atoms with Crippen LogP contribution in [0.25, 0.3) is 0 Å². The third-order valence-electron chi connectivity index (χ3n) is 4.79. The van der Waals surface area contributed by atoms with E-state index in [2.05, 4.69) is 15.3 Å². The first-order valence-corrected chi connectivity index (χ1v) is 8.45. The lowest BCUT2D eigenvalue weighted by Gasteiger charge is -2.20. The summed E-state index contributed by atoms with van der Waals surface area (Å²) in [5.41, 5.74) is 1.13. The standard InChI is InChI=1S/C18H20F3N3/c19-18(20,21)14-3-1-2-13(8-14)16(11-4-5-11)22-9-15-10-23-17(24-15)12-6-7-12/h1-3,8,10-12,16,22H,4-7,9H2,(H,23,24). The highest BCUT2D eigenvalue weighted by molar-refractivity contribution is 5.29. The third-order valence-corrected chi connectivity index (χ3v) is 4.79. The number of alkyl halides is 3. The number of imidazole rings is 1. The number of hydrogen-bond donors (Lipinski definition) is 2. The number of nitrogens with zero attached hydrogens (tertiary/aromatic N) is 1. The van der Waals surface area contributed by atoms with Crippen LogP contribution in [0.3, 0.4) is 0 Å². The van der Waals surface area contributed by atoms with E-state index in [0.29, 0.717) is 23.9 Å². The Morgan fingerprint density at radius 3 is 2.67 bits per heavy atom. The zero-order valence-corrected chi connectivity index (χ0v) is 13.2. The topological polar surface area (TPSA) is 40.7 Å². The SMILES string of the molecule is FC(F)(F)c1cccc(C(NCc2cnc(C3CC3)[nH]2)C2CC2)c1. The van der Waals surface area contributed by atoms with Gasteiger partial charge in [-0.2, -0.15) is 13.2 Å².